The van der Waals surface area contributed by atoms with Gasteiger partial charge in [0.1, 0.15) is 0 Å². The number of hydrogen-bond acceptors (Lipinski definition) is 4. The maximum atomic E-state index is 13.2. The number of amides is 2. The van der Waals surface area contributed by atoms with Crippen molar-refractivity contribution in [1.29, 1.82) is 0 Å². The highest BCUT2D eigenvalue weighted by Crippen LogP contribution is 2.32. The van der Waals surface area contributed by atoms with Crippen molar-refractivity contribution >= 4 is 36.0 Å². The summed E-state index contributed by atoms with van der Waals surface area (Å²) < 4.78 is 0. The maximum Gasteiger partial charge on any atom is 0.255 e. The van der Waals surface area contributed by atoms with Crippen molar-refractivity contribution in [3.63, 3.8) is 0 Å². The van der Waals surface area contributed by atoms with Crippen molar-refractivity contribution in [2.45, 2.75) is 56.1 Å². The molecule has 7 heteroatoms. The van der Waals surface area contributed by atoms with Crippen LogP contribution in [0.2, 0.25) is 0 Å². The first-order chi connectivity index (χ1) is 12.1. The molecule has 2 aliphatic rings. The minimum absolute atomic E-state index is 0. The number of nitrogens with one attached hydrogen (secondary N) is 2. The number of carbonyl (C=O) groups is 2. The van der Waals surface area contributed by atoms with E-state index in [1.807, 2.05) is 38.1 Å². The van der Waals surface area contributed by atoms with Crippen LogP contribution in [-0.2, 0) is 4.79 Å². The lowest BCUT2D eigenvalue weighted by atomic mass is 10.1. The third-order valence-electron chi connectivity index (χ3n) is 4.81. The zero-order chi connectivity index (χ0) is 17.8. The Balaban J connectivity index is 0.00000243. The number of nitrogens with zero attached hydrogens (tertiary/aromatic N) is 1. The first-order valence-electron chi connectivity index (χ1n) is 9.11. The molecule has 0 saturated carbocycles. The van der Waals surface area contributed by atoms with Crippen molar-refractivity contribution in [1.82, 2.24) is 15.5 Å². The molecule has 0 aliphatic carbocycles. The summed E-state index contributed by atoms with van der Waals surface area (Å²) in [5.41, 5.74) is 0.726. The third kappa shape index (κ3) is 4.93. The topological polar surface area (TPSA) is 61.4 Å². The summed E-state index contributed by atoms with van der Waals surface area (Å²) >= 11 is 1.44. The number of rotatable bonds is 5. The zero-order valence-electron chi connectivity index (χ0n) is 15.4. The number of halogens is 1. The van der Waals surface area contributed by atoms with Gasteiger partial charge in [0.2, 0.25) is 5.91 Å². The van der Waals surface area contributed by atoms with Crippen molar-refractivity contribution in [3.8, 4) is 0 Å². The molecule has 2 aliphatic heterocycles. The van der Waals surface area contributed by atoms with Crippen LogP contribution >= 0.6 is 24.2 Å². The van der Waals surface area contributed by atoms with Gasteiger partial charge in [-0.1, -0.05) is 12.1 Å². The molecule has 2 amide bonds. The predicted molar refractivity (Wildman–Crippen MR) is 108 cm³/mol. The van der Waals surface area contributed by atoms with E-state index in [9.17, 15) is 9.59 Å². The number of carbonyl (C=O) groups excluding carboxylic acids is 2. The summed E-state index contributed by atoms with van der Waals surface area (Å²) in [6, 6.07) is 8.44. The molecule has 0 spiro atoms. The van der Waals surface area contributed by atoms with E-state index in [-0.39, 0.29) is 30.3 Å². The van der Waals surface area contributed by atoms with Gasteiger partial charge in [-0.05, 0) is 51.8 Å². The molecule has 2 atom stereocenters. The van der Waals surface area contributed by atoms with Crippen LogP contribution < -0.4 is 10.6 Å². The van der Waals surface area contributed by atoms with Crippen molar-refractivity contribution in [3.05, 3.63) is 29.8 Å². The van der Waals surface area contributed by atoms with E-state index in [4.69, 9.17) is 0 Å². The van der Waals surface area contributed by atoms with Gasteiger partial charge in [0.15, 0.2) is 0 Å². The predicted octanol–water partition coefficient (Wildman–Crippen LogP) is 2.69. The normalized spacial score (nSPS) is 21.9. The highest BCUT2D eigenvalue weighted by Gasteiger charge is 2.38. The van der Waals surface area contributed by atoms with E-state index in [1.165, 1.54) is 11.8 Å². The molecule has 2 N–H and O–H groups in total. The van der Waals surface area contributed by atoms with Crippen LogP contribution in [0.4, 0.5) is 0 Å². The van der Waals surface area contributed by atoms with Crippen LogP contribution in [0.3, 0.4) is 0 Å². The monoisotopic (exact) mass is 397 g/mol. The van der Waals surface area contributed by atoms with Crippen LogP contribution in [0.5, 0.6) is 0 Å². The van der Waals surface area contributed by atoms with E-state index < -0.39 is 0 Å². The molecule has 26 heavy (non-hydrogen) atoms. The summed E-state index contributed by atoms with van der Waals surface area (Å²) in [7, 11) is 0. The fraction of sp³-hybridized carbons (Fsp3) is 0.579. The number of hydrogen-bond donors (Lipinski definition) is 2. The lowest BCUT2D eigenvalue weighted by molar-refractivity contribution is -0.119. The molecular weight excluding hydrogens is 370 g/mol. The second-order valence-electron chi connectivity index (χ2n) is 7.10. The smallest absolute Gasteiger partial charge is 0.255 e. The first-order valence-corrected chi connectivity index (χ1v) is 10.1. The van der Waals surface area contributed by atoms with Crippen LogP contribution in [0, 0.1) is 0 Å². The van der Waals surface area contributed by atoms with Gasteiger partial charge in [0.05, 0.1) is 11.3 Å². The molecule has 0 radical (unpaired) electrons. The molecule has 0 aromatic heterocycles. The molecule has 2 unspecified atom stereocenters. The molecule has 1 aromatic rings. The molecule has 1 aromatic carbocycles. The fourth-order valence-electron chi connectivity index (χ4n) is 3.73. The Labute approximate surface area is 166 Å². The largest absolute Gasteiger partial charge is 0.353 e. The highest BCUT2D eigenvalue weighted by molar-refractivity contribution is 8.00. The van der Waals surface area contributed by atoms with Crippen LogP contribution in [0.1, 0.15) is 43.5 Å². The van der Waals surface area contributed by atoms with Crippen molar-refractivity contribution in [2.75, 3.05) is 18.8 Å². The second kappa shape index (κ2) is 9.62. The Bertz CT molecular complexity index is 627. The van der Waals surface area contributed by atoms with Gasteiger partial charge in [0.25, 0.3) is 5.91 Å². The Morgan fingerprint density at radius 2 is 1.96 bits per heavy atom. The number of thioether (sulfide) groups is 1. The van der Waals surface area contributed by atoms with Gasteiger partial charge in [-0.15, -0.1) is 24.2 Å². The molecule has 5 nitrogen and oxygen atoms in total. The quantitative estimate of drug-likeness (QED) is 0.750. The van der Waals surface area contributed by atoms with Gasteiger partial charge in [-0.2, -0.15) is 0 Å². The second-order valence-corrected chi connectivity index (χ2v) is 8.11. The third-order valence-corrected chi connectivity index (χ3v) is 5.89. The van der Waals surface area contributed by atoms with E-state index >= 15 is 0 Å². The molecule has 3 rings (SSSR count). The average Bonchev–Trinajstić information content (AvgIpc) is 2.85. The fourth-order valence-corrected chi connectivity index (χ4v) is 4.58. The summed E-state index contributed by atoms with van der Waals surface area (Å²) in [5.74, 6) is 0.446. The molecular formula is C19H28ClN3O2S. The van der Waals surface area contributed by atoms with E-state index in [1.54, 1.807) is 0 Å². The minimum atomic E-state index is 0. The summed E-state index contributed by atoms with van der Waals surface area (Å²) in [5, 5.41) is 6.33. The molecule has 2 bridgehead atoms. The SMILES string of the molecule is CC(C)NC(=O)CSc1ccccc1C(=O)N1C2CCNCC1CC2.Cl. The molecule has 144 valence electrons. The summed E-state index contributed by atoms with van der Waals surface area (Å²) in [6.45, 7) is 5.76. The Kier molecular flexibility index (Phi) is 7.80. The summed E-state index contributed by atoms with van der Waals surface area (Å²) in [4.78, 5) is 28.2. The number of fused-ring (bicyclic) bond motifs is 2. The first kappa shape index (κ1) is 21.1. The lowest BCUT2D eigenvalue weighted by Crippen LogP contribution is -2.42. The molecule has 2 fully saturated rings. The number of benzene rings is 1. The van der Waals surface area contributed by atoms with Crippen LogP contribution in [0.15, 0.2) is 29.2 Å². The zero-order valence-corrected chi connectivity index (χ0v) is 17.0. The minimum Gasteiger partial charge on any atom is -0.353 e. The van der Waals surface area contributed by atoms with Crippen LogP contribution in [0.25, 0.3) is 0 Å². The van der Waals surface area contributed by atoms with Crippen LogP contribution in [-0.4, -0.2) is 53.7 Å². The van der Waals surface area contributed by atoms with Gasteiger partial charge < -0.3 is 15.5 Å². The lowest BCUT2D eigenvalue weighted by Gasteiger charge is -2.28. The van der Waals surface area contributed by atoms with Crippen molar-refractivity contribution < 1.29 is 9.59 Å². The van der Waals surface area contributed by atoms with E-state index in [2.05, 4.69) is 15.5 Å². The Morgan fingerprint density at radius 1 is 1.23 bits per heavy atom. The summed E-state index contributed by atoms with van der Waals surface area (Å²) in [6.07, 6.45) is 3.20. The average molecular weight is 398 g/mol. The molecule has 2 saturated heterocycles. The van der Waals surface area contributed by atoms with Gasteiger partial charge >= 0.3 is 0 Å². The standard InChI is InChI=1S/C19H27N3O2S.ClH/c1-13(2)21-18(23)12-25-17-6-4-3-5-16(17)19(24)22-14-7-8-15(22)11-20-10-9-14;/h3-6,13-15,20H,7-12H2,1-2H3,(H,21,23);1H. The van der Waals surface area contributed by atoms with E-state index in [0.717, 1.165) is 42.8 Å². The maximum absolute atomic E-state index is 13.2. The van der Waals surface area contributed by atoms with Gasteiger partial charge in [-0.3, -0.25) is 9.59 Å². The van der Waals surface area contributed by atoms with E-state index in [0.29, 0.717) is 17.8 Å². The Morgan fingerprint density at radius 3 is 2.73 bits per heavy atom. The van der Waals surface area contributed by atoms with Gasteiger partial charge in [0, 0.05) is 29.6 Å². The van der Waals surface area contributed by atoms with Gasteiger partial charge in [-0.25, -0.2) is 0 Å². The highest BCUT2D eigenvalue weighted by atomic mass is 35.5. The molecule has 2 heterocycles. The van der Waals surface area contributed by atoms with Crippen molar-refractivity contribution in [2.24, 2.45) is 0 Å². The Hall–Kier alpha value is -1.24.